The van der Waals surface area contributed by atoms with Crippen LogP contribution >= 0.6 is 15.9 Å². The second-order valence-corrected chi connectivity index (χ2v) is 5.90. The summed E-state index contributed by atoms with van der Waals surface area (Å²) in [5, 5.41) is 10.4. The van der Waals surface area contributed by atoms with Crippen molar-refractivity contribution in [2.75, 3.05) is 31.5 Å². The number of aliphatic hydroxyl groups is 1. The summed E-state index contributed by atoms with van der Waals surface area (Å²) in [7, 11) is 0. The molecule has 2 rings (SSSR count). The smallest absolute Gasteiger partial charge is 0.0763 e. The number of piperazine rings is 1. The monoisotopic (exact) mass is 290 g/mol. The fourth-order valence-corrected chi connectivity index (χ4v) is 3.19. The SMILES string of the molecule is CC1CN2CCCCC2CN1CC(O)CBr. The highest BCUT2D eigenvalue weighted by atomic mass is 79.9. The van der Waals surface area contributed by atoms with Gasteiger partial charge in [0.25, 0.3) is 0 Å². The Labute approximate surface area is 107 Å². The molecule has 0 aromatic rings. The molecule has 16 heavy (non-hydrogen) atoms. The van der Waals surface area contributed by atoms with Crippen LogP contribution in [-0.2, 0) is 0 Å². The number of aliphatic hydroxyl groups excluding tert-OH is 1. The van der Waals surface area contributed by atoms with Gasteiger partial charge < -0.3 is 5.11 Å². The van der Waals surface area contributed by atoms with E-state index in [1.54, 1.807) is 0 Å². The molecule has 3 unspecified atom stereocenters. The maximum Gasteiger partial charge on any atom is 0.0763 e. The summed E-state index contributed by atoms with van der Waals surface area (Å²) >= 11 is 3.34. The van der Waals surface area contributed by atoms with Gasteiger partial charge in [-0.05, 0) is 26.3 Å². The van der Waals surface area contributed by atoms with E-state index in [9.17, 15) is 5.11 Å². The molecule has 0 radical (unpaired) electrons. The first kappa shape index (κ1) is 12.8. The Morgan fingerprint density at radius 1 is 1.38 bits per heavy atom. The molecular formula is C12H23BrN2O. The van der Waals surface area contributed by atoms with Crippen molar-refractivity contribution in [1.29, 1.82) is 0 Å². The van der Waals surface area contributed by atoms with Gasteiger partial charge in [-0.25, -0.2) is 0 Å². The predicted octanol–water partition coefficient (Wildman–Crippen LogP) is 1.30. The van der Waals surface area contributed by atoms with Crippen molar-refractivity contribution >= 4 is 15.9 Å². The van der Waals surface area contributed by atoms with E-state index in [4.69, 9.17) is 0 Å². The molecule has 1 N–H and O–H groups in total. The van der Waals surface area contributed by atoms with Gasteiger partial charge in [-0.15, -0.1) is 0 Å². The van der Waals surface area contributed by atoms with E-state index in [-0.39, 0.29) is 6.10 Å². The first-order chi connectivity index (χ1) is 7.70. The van der Waals surface area contributed by atoms with Crippen LogP contribution in [0.3, 0.4) is 0 Å². The van der Waals surface area contributed by atoms with Crippen molar-refractivity contribution in [1.82, 2.24) is 9.80 Å². The van der Waals surface area contributed by atoms with Gasteiger partial charge in [-0.1, -0.05) is 22.4 Å². The molecule has 0 aliphatic carbocycles. The second-order valence-electron chi connectivity index (χ2n) is 5.26. The van der Waals surface area contributed by atoms with E-state index >= 15 is 0 Å². The maximum absolute atomic E-state index is 9.72. The van der Waals surface area contributed by atoms with E-state index in [1.807, 2.05) is 0 Å². The zero-order valence-electron chi connectivity index (χ0n) is 10.1. The molecule has 3 atom stereocenters. The van der Waals surface area contributed by atoms with Crippen LogP contribution in [0.25, 0.3) is 0 Å². The Bertz CT molecular complexity index is 227. The molecule has 0 bridgehead atoms. The van der Waals surface area contributed by atoms with Crippen molar-refractivity contribution in [2.45, 2.75) is 44.4 Å². The van der Waals surface area contributed by atoms with Gasteiger partial charge in [0.2, 0.25) is 0 Å². The summed E-state index contributed by atoms with van der Waals surface area (Å²) < 4.78 is 0. The van der Waals surface area contributed by atoms with Crippen LogP contribution in [0.2, 0.25) is 0 Å². The largest absolute Gasteiger partial charge is 0.391 e. The summed E-state index contributed by atoms with van der Waals surface area (Å²) in [5.74, 6) is 0. The van der Waals surface area contributed by atoms with Gasteiger partial charge in [-0.3, -0.25) is 9.80 Å². The molecule has 2 aliphatic heterocycles. The summed E-state index contributed by atoms with van der Waals surface area (Å²) in [4.78, 5) is 5.10. The first-order valence-electron chi connectivity index (χ1n) is 6.43. The van der Waals surface area contributed by atoms with Crippen molar-refractivity contribution in [2.24, 2.45) is 0 Å². The highest BCUT2D eigenvalue weighted by Gasteiger charge is 2.33. The van der Waals surface area contributed by atoms with Gasteiger partial charge in [0, 0.05) is 37.0 Å². The third-order valence-electron chi connectivity index (χ3n) is 3.94. The highest BCUT2D eigenvalue weighted by Crippen LogP contribution is 2.24. The van der Waals surface area contributed by atoms with E-state index in [1.165, 1.54) is 32.4 Å². The molecule has 0 amide bonds. The Morgan fingerprint density at radius 3 is 2.94 bits per heavy atom. The molecule has 0 spiro atoms. The number of alkyl halides is 1. The minimum absolute atomic E-state index is 0.224. The number of fused-ring (bicyclic) bond motifs is 1. The quantitative estimate of drug-likeness (QED) is 0.794. The summed E-state index contributed by atoms with van der Waals surface area (Å²) in [6.07, 6.45) is 3.86. The Balaban J connectivity index is 1.90. The average molecular weight is 291 g/mol. The number of hydrogen-bond donors (Lipinski definition) is 1. The molecular weight excluding hydrogens is 268 g/mol. The minimum atomic E-state index is -0.224. The number of β-amino-alcohol motifs (C(OH)–C–C–N with tert-alkyl or cyclic N) is 1. The van der Waals surface area contributed by atoms with Crippen molar-refractivity contribution in [3.05, 3.63) is 0 Å². The normalized spacial score (nSPS) is 34.7. The lowest BCUT2D eigenvalue weighted by atomic mass is 9.97. The van der Waals surface area contributed by atoms with Crippen LogP contribution in [0.1, 0.15) is 26.2 Å². The summed E-state index contributed by atoms with van der Waals surface area (Å²) in [6.45, 7) is 6.71. The molecule has 0 saturated carbocycles. The van der Waals surface area contributed by atoms with Crippen LogP contribution < -0.4 is 0 Å². The Hall–Kier alpha value is 0.360. The zero-order chi connectivity index (χ0) is 11.5. The number of halogens is 1. The van der Waals surface area contributed by atoms with Crippen LogP contribution in [0, 0.1) is 0 Å². The highest BCUT2D eigenvalue weighted by molar-refractivity contribution is 9.09. The summed E-state index contributed by atoms with van der Waals surface area (Å²) in [5.41, 5.74) is 0. The molecule has 0 aromatic carbocycles. The van der Waals surface area contributed by atoms with Crippen LogP contribution in [-0.4, -0.2) is 64.6 Å². The van der Waals surface area contributed by atoms with Crippen molar-refractivity contribution in [3.8, 4) is 0 Å². The van der Waals surface area contributed by atoms with Crippen LogP contribution in [0.5, 0.6) is 0 Å². The molecule has 2 fully saturated rings. The maximum atomic E-state index is 9.72. The van der Waals surface area contributed by atoms with E-state index < -0.39 is 0 Å². The van der Waals surface area contributed by atoms with Gasteiger partial charge >= 0.3 is 0 Å². The van der Waals surface area contributed by atoms with Crippen molar-refractivity contribution in [3.63, 3.8) is 0 Å². The molecule has 94 valence electrons. The summed E-state index contributed by atoms with van der Waals surface area (Å²) in [6, 6.07) is 1.33. The third-order valence-corrected chi connectivity index (χ3v) is 4.69. The number of rotatable bonds is 3. The van der Waals surface area contributed by atoms with Gasteiger partial charge in [0.15, 0.2) is 0 Å². The first-order valence-corrected chi connectivity index (χ1v) is 7.55. The van der Waals surface area contributed by atoms with E-state index in [0.717, 1.165) is 19.1 Å². The fourth-order valence-electron chi connectivity index (χ4n) is 2.99. The molecule has 3 nitrogen and oxygen atoms in total. The third kappa shape index (κ3) is 2.97. The molecule has 0 aromatic heterocycles. The second kappa shape index (κ2) is 5.80. The number of hydrogen-bond acceptors (Lipinski definition) is 3. The van der Waals surface area contributed by atoms with Crippen LogP contribution in [0.15, 0.2) is 0 Å². The fraction of sp³-hybridized carbons (Fsp3) is 1.00. The van der Waals surface area contributed by atoms with Crippen LogP contribution in [0.4, 0.5) is 0 Å². The lowest BCUT2D eigenvalue weighted by molar-refractivity contribution is -0.00316. The molecule has 2 heterocycles. The zero-order valence-corrected chi connectivity index (χ0v) is 11.7. The van der Waals surface area contributed by atoms with E-state index in [0.29, 0.717) is 11.4 Å². The lowest BCUT2D eigenvalue weighted by Crippen LogP contribution is -2.59. The van der Waals surface area contributed by atoms with E-state index in [2.05, 4.69) is 32.7 Å². The average Bonchev–Trinajstić information content (AvgIpc) is 2.30. The van der Waals surface area contributed by atoms with Gasteiger partial charge in [0.05, 0.1) is 6.10 Å². The predicted molar refractivity (Wildman–Crippen MR) is 70.0 cm³/mol. The van der Waals surface area contributed by atoms with Crippen molar-refractivity contribution < 1.29 is 5.11 Å². The molecule has 4 heteroatoms. The van der Waals surface area contributed by atoms with Gasteiger partial charge in [0.1, 0.15) is 0 Å². The molecule has 2 aliphatic rings. The standard InChI is InChI=1S/C12H23BrN2O/c1-10-7-14-5-3-2-4-11(14)8-15(10)9-12(16)6-13/h10-12,16H,2-9H2,1H3. The molecule has 2 saturated heterocycles. The Kier molecular flexibility index (Phi) is 4.65. The minimum Gasteiger partial charge on any atom is -0.391 e. The topological polar surface area (TPSA) is 26.7 Å². The lowest BCUT2D eigenvalue weighted by Gasteiger charge is -2.47. The Morgan fingerprint density at radius 2 is 2.19 bits per heavy atom. The van der Waals surface area contributed by atoms with Gasteiger partial charge in [-0.2, -0.15) is 0 Å². The number of nitrogens with zero attached hydrogens (tertiary/aromatic N) is 2. The number of piperidine rings is 1.